The van der Waals surface area contributed by atoms with Gasteiger partial charge >= 0.3 is 0 Å². The number of thiazole rings is 1. The first-order chi connectivity index (χ1) is 17.7. The topological polar surface area (TPSA) is 93.1 Å². The van der Waals surface area contributed by atoms with Crippen LogP contribution in [0.25, 0.3) is 17.3 Å². The molecule has 0 aliphatic heterocycles. The number of ketones is 1. The molecule has 0 unspecified atom stereocenters. The molecule has 0 spiro atoms. The molecule has 2 amide bonds. The van der Waals surface area contributed by atoms with E-state index in [2.05, 4.69) is 41.0 Å². The number of nitrogens with one attached hydrogen (secondary N) is 2. The van der Waals surface area contributed by atoms with Crippen molar-refractivity contribution in [3.63, 3.8) is 0 Å². The van der Waals surface area contributed by atoms with E-state index in [0.29, 0.717) is 22.0 Å². The van der Waals surface area contributed by atoms with E-state index in [4.69, 9.17) is 0 Å². The molecular weight excluding hydrogens is 484 g/mol. The zero-order valence-corrected chi connectivity index (χ0v) is 23.1. The molecule has 2 heterocycles. The summed E-state index contributed by atoms with van der Waals surface area (Å²) >= 11 is 1.29. The van der Waals surface area contributed by atoms with E-state index >= 15 is 0 Å². The Morgan fingerprint density at radius 3 is 2.54 bits per heavy atom. The van der Waals surface area contributed by atoms with Crippen molar-refractivity contribution >= 4 is 40.1 Å². The fourth-order valence-corrected chi connectivity index (χ4v) is 4.78. The normalized spacial score (nSPS) is 13.9. The van der Waals surface area contributed by atoms with Gasteiger partial charge in [0.1, 0.15) is 0 Å². The van der Waals surface area contributed by atoms with Crippen molar-refractivity contribution in [2.24, 2.45) is 0 Å². The fraction of sp³-hybridized carbons (Fsp3) is 0.379. The minimum atomic E-state index is -0.354. The van der Waals surface area contributed by atoms with E-state index in [1.165, 1.54) is 31.1 Å². The van der Waals surface area contributed by atoms with Gasteiger partial charge in [-0.25, -0.2) is 4.98 Å². The maximum absolute atomic E-state index is 12.4. The van der Waals surface area contributed by atoms with Gasteiger partial charge in [-0.15, -0.1) is 11.3 Å². The molecule has 0 radical (unpaired) electrons. The number of aromatic nitrogens is 2. The number of amides is 2. The SMILES string of the molecule is C/C=C\c1ccc(-c2csc(NC(=O)CNC(=O)c3ccn(C4(C)CCC4)c3)n2)cc1C(C)=O.CCC. The molecule has 1 saturated carbocycles. The minimum Gasteiger partial charge on any atom is -0.348 e. The molecule has 0 bridgehead atoms. The van der Waals surface area contributed by atoms with Crippen LogP contribution in [0.15, 0.2) is 48.1 Å². The number of carbonyl (C=O) groups is 3. The summed E-state index contributed by atoms with van der Waals surface area (Å²) in [4.78, 5) is 41.3. The highest BCUT2D eigenvalue weighted by atomic mass is 32.1. The number of benzene rings is 1. The molecule has 2 N–H and O–H groups in total. The molecule has 2 aromatic heterocycles. The Labute approximate surface area is 223 Å². The molecule has 196 valence electrons. The highest BCUT2D eigenvalue weighted by molar-refractivity contribution is 7.14. The van der Waals surface area contributed by atoms with Crippen LogP contribution >= 0.6 is 11.3 Å². The lowest BCUT2D eigenvalue weighted by molar-refractivity contribution is -0.115. The smallest absolute Gasteiger partial charge is 0.253 e. The summed E-state index contributed by atoms with van der Waals surface area (Å²) in [6, 6.07) is 7.38. The van der Waals surface area contributed by atoms with Crippen molar-refractivity contribution in [2.75, 3.05) is 11.9 Å². The van der Waals surface area contributed by atoms with Crippen LogP contribution in [0.5, 0.6) is 0 Å². The quantitative estimate of drug-likeness (QED) is 0.330. The van der Waals surface area contributed by atoms with E-state index in [1.54, 1.807) is 6.07 Å². The van der Waals surface area contributed by atoms with Crippen LogP contribution in [0.1, 0.15) is 86.6 Å². The summed E-state index contributed by atoms with van der Waals surface area (Å²) in [6.45, 7) is 9.73. The fourth-order valence-electron chi connectivity index (χ4n) is 4.05. The number of nitrogens with zero attached hydrogens (tertiary/aromatic N) is 2. The van der Waals surface area contributed by atoms with Gasteiger partial charge in [0.2, 0.25) is 5.91 Å². The number of rotatable bonds is 8. The highest BCUT2D eigenvalue weighted by Crippen LogP contribution is 2.38. The Balaban J connectivity index is 0.00000121. The molecule has 0 atom stereocenters. The third-order valence-electron chi connectivity index (χ3n) is 6.24. The standard InChI is InChI=1S/C26H28N4O3S.C3H8/c1-4-6-18-7-8-19(13-21(18)17(2)31)22-16-34-25(28-22)29-23(32)14-27-24(33)20-9-12-30(15-20)26(3)10-5-11-26;1-3-2/h4,6-9,12-13,15-16H,5,10-11,14H2,1-3H3,(H,27,33)(H,28,29,32);3H2,1-2H3/b6-4-;. The van der Waals surface area contributed by atoms with Gasteiger partial charge in [0.05, 0.1) is 17.8 Å². The summed E-state index contributed by atoms with van der Waals surface area (Å²) < 4.78 is 2.09. The van der Waals surface area contributed by atoms with Crippen LogP contribution in [-0.2, 0) is 10.3 Å². The van der Waals surface area contributed by atoms with E-state index < -0.39 is 0 Å². The van der Waals surface area contributed by atoms with Gasteiger partial charge in [0.15, 0.2) is 10.9 Å². The largest absolute Gasteiger partial charge is 0.348 e. The third kappa shape index (κ3) is 7.04. The third-order valence-corrected chi connectivity index (χ3v) is 7.00. The van der Waals surface area contributed by atoms with Crippen LogP contribution in [0.3, 0.4) is 0 Å². The number of hydrogen-bond acceptors (Lipinski definition) is 5. The Morgan fingerprint density at radius 2 is 1.92 bits per heavy atom. The summed E-state index contributed by atoms with van der Waals surface area (Å²) in [5.41, 5.74) is 3.59. The number of hydrogen-bond donors (Lipinski definition) is 2. The van der Waals surface area contributed by atoms with Gasteiger partial charge < -0.3 is 15.2 Å². The Kier molecular flexibility index (Phi) is 9.58. The molecule has 8 heteroatoms. The summed E-state index contributed by atoms with van der Waals surface area (Å²) in [5.74, 6) is -0.659. The van der Waals surface area contributed by atoms with Crippen molar-refractivity contribution in [1.82, 2.24) is 14.9 Å². The number of allylic oxidation sites excluding steroid dienone is 1. The number of carbonyl (C=O) groups excluding carboxylic acids is 3. The maximum atomic E-state index is 12.4. The second-order valence-electron chi connectivity index (χ2n) is 9.49. The van der Waals surface area contributed by atoms with Crippen LogP contribution in [0, 0.1) is 0 Å². The lowest BCUT2D eigenvalue weighted by Crippen LogP contribution is -2.36. The van der Waals surface area contributed by atoms with Gasteiger partial charge in [-0.1, -0.05) is 44.6 Å². The second-order valence-corrected chi connectivity index (χ2v) is 10.4. The lowest BCUT2D eigenvalue weighted by Gasteiger charge is -2.40. The van der Waals surface area contributed by atoms with Crippen molar-refractivity contribution in [3.05, 3.63) is 64.8 Å². The van der Waals surface area contributed by atoms with Gasteiger partial charge in [0.25, 0.3) is 5.91 Å². The average Bonchev–Trinajstić information content (AvgIpc) is 3.52. The summed E-state index contributed by atoms with van der Waals surface area (Å²) in [7, 11) is 0. The van der Waals surface area contributed by atoms with Crippen LogP contribution < -0.4 is 10.6 Å². The molecule has 3 aromatic rings. The van der Waals surface area contributed by atoms with Crippen LogP contribution in [0.4, 0.5) is 5.13 Å². The molecule has 1 aliphatic rings. The minimum absolute atomic E-state index is 0.0217. The Hall–Kier alpha value is -3.52. The van der Waals surface area contributed by atoms with Crippen LogP contribution in [0.2, 0.25) is 0 Å². The first kappa shape index (κ1) is 28.1. The zero-order valence-electron chi connectivity index (χ0n) is 22.3. The van der Waals surface area contributed by atoms with E-state index in [1.807, 2.05) is 55.0 Å². The number of anilines is 1. The molecule has 1 aliphatic carbocycles. The molecule has 7 nitrogen and oxygen atoms in total. The lowest BCUT2D eigenvalue weighted by atomic mass is 9.78. The van der Waals surface area contributed by atoms with E-state index in [0.717, 1.165) is 24.0 Å². The second kappa shape index (κ2) is 12.6. The molecular formula is C29H36N4O3S. The molecule has 1 fully saturated rings. The van der Waals surface area contributed by atoms with Gasteiger partial charge in [-0.2, -0.15) is 0 Å². The van der Waals surface area contributed by atoms with Gasteiger partial charge in [0, 0.05) is 34.4 Å². The molecule has 37 heavy (non-hydrogen) atoms. The average molecular weight is 521 g/mol. The number of Topliss-reactive ketones (excluding diaryl/α,β-unsaturated/α-hetero) is 1. The highest BCUT2D eigenvalue weighted by Gasteiger charge is 2.33. The van der Waals surface area contributed by atoms with Gasteiger partial charge in [-0.05, 0) is 57.7 Å². The summed E-state index contributed by atoms with van der Waals surface area (Å²) in [5, 5.41) is 7.65. The van der Waals surface area contributed by atoms with Crippen molar-refractivity contribution in [1.29, 1.82) is 0 Å². The van der Waals surface area contributed by atoms with Crippen molar-refractivity contribution in [2.45, 2.75) is 65.8 Å². The first-order valence-electron chi connectivity index (χ1n) is 12.7. The van der Waals surface area contributed by atoms with Crippen LogP contribution in [-0.4, -0.2) is 33.7 Å². The Bertz CT molecular complexity index is 1280. The Morgan fingerprint density at radius 1 is 1.19 bits per heavy atom. The first-order valence-corrected chi connectivity index (χ1v) is 13.6. The molecule has 0 saturated heterocycles. The predicted molar refractivity (Wildman–Crippen MR) is 151 cm³/mol. The maximum Gasteiger partial charge on any atom is 0.253 e. The van der Waals surface area contributed by atoms with Crippen molar-refractivity contribution in [3.8, 4) is 11.3 Å². The van der Waals surface area contributed by atoms with E-state index in [-0.39, 0.29) is 29.7 Å². The van der Waals surface area contributed by atoms with Gasteiger partial charge in [-0.3, -0.25) is 14.4 Å². The molecule has 1 aromatic carbocycles. The van der Waals surface area contributed by atoms with Crippen molar-refractivity contribution < 1.29 is 14.4 Å². The zero-order chi connectivity index (χ0) is 27.0. The molecule has 4 rings (SSSR count). The van der Waals surface area contributed by atoms with E-state index in [9.17, 15) is 14.4 Å². The monoisotopic (exact) mass is 520 g/mol. The summed E-state index contributed by atoms with van der Waals surface area (Å²) in [6.07, 6.45) is 12.2. The predicted octanol–water partition coefficient (Wildman–Crippen LogP) is 6.53.